The highest BCUT2D eigenvalue weighted by Crippen LogP contribution is 2.38. The monoisotopic (exact) mass is 364 g/mol. The van der Waals surface area contributed by atoms with Gasteiger partial charge >= 0.3 is 0 Å². The minimum Gasteiger partial charge on any atom is -0.382 e. The van der Waals surface area contributed by atoms with Gasteiger partial charge in [-0.2, -0.15) is 5.10 Å². The van der Waals surface area contributed by atoms with Crippen molar-refractivity contribution in [2.24, 2.45) is 0 Å². The first-order valence-corrected chi connectivity index (χ1v) is 8.62. The van der Waals surface area contributed by atoms with Crippen LogP contribution in [-0.4, -0.2) is 14.9 Å². The molecule has 0 saturated heterocycles. The zero-order chi connectivity index (χ0) is 19.0. The summed E-state index contributed by atoms with van der Waals surface area (Å²) >= 11 is 0. The molecule has 0 fully saturated rings. The maximum atomic E-state index is 15.0. The van der Waals surface area contributed by atoms with Crippen LogP contribution in [0.5, 0.6) is 0 Å². The maximum absolute atomic E-state index is 15.0. The molecule has 0 radical (unpaired) electrons. The van der Waals surface area contributed by atoms with E-state index in [0.717, 1.165) is 16.6 Å². The van der Waals surface area contributed by atoms with E-state index in [1.807, 2.05) is 0 Å². The summed E-state index contributed by atoms with van der Waals surface area (Å²) < 4.78 is 29.8. The number of nitrogens with zero attached hydrogens (tertiary/aromatic N) is 2. The molecule has 1 N–H and O–H groups in total. The lowest BCUT2D eigenvalue weighted by molar-refractivity contribution is -0.0259. The molecule has 0 saturated carbocycles. The topological polar surface area (TPSA) is 38.1 Å². The van der Waals surface area contributed by atoms with Gasteiger partial charge in [0.15, 0.2) is 6.17 Å². The molecule has 0 bridgehead atoms. The van der Waals surface area contributed by atoms with E-state index in [9.17, 15) is 9.50 Å². The van der Waals surface area contributed by atoms with Gasteiger partial charge in [-0.3, -0.25) is 0 Å². The van der Waals surface area contributed by atoms with E-state index in [-0.39, 0.29) is 5.82 Å². The summed E-state index contributed by atoms with van der Waals surface area (Å²) in [4.78, 5) is 0. The van der Waals surface area contributed by atoms with Gasteiger partial charge in [0.25, 0.3) is 0 Å². The van der Waals surface area contributed by atoms with Crippen molar-refractivity contribution in [2.75, 3.05) is 0 Å². The third-order valence-electron chi connectivity index (χ3n) is 4.81. The number of aromatic nitrogens is 2. The molecule has 2 unspecified atom stereocenters. The van der Waals surface area contributed by atoms with Crippen LogP contribution in [0.25, 0.3) is 16.6 Å². The zero-order valence-electron chi connectivity index (χ0n) is 14.7. The van der Waals surface area contributed by atoms with Gasteiger partial charge in [-0.1, -0.05) is 36.4 Å². The predicted octanol–water partition coefficient (Wildman–Crippen LogP) is 5.08. The Labute approximate surface area is 155 Å². The average Bonchev–Trinajstić information content (AvgIpc) is 3.12. The first-order valence-electron chi connectivity index (χ1n) is 8.62. The molecular formula is C22H18F2N2O. The highest BCUT2D eigenvalue weighted by Gasteiger charge is 2.35. The molecule has 3 nitrogen and oxygen atoms in total. The van der Waals surface area contributed by atoms with Crippen molar-refractivity contribution in [3.63, 3.8) is 0 Å². The SMILES string of the molecule is CC(O)(c1ccc2c(cnn2-c2ccc(F)cc2)c1)C(F)c1ccccc1. The summed E-state index contributed by atoms with van der Waals surface area (Å²) in [6, 6.07) is 19.8. The number of aliphatic hydroxyl groups is 1. The Balaban J connectivity index is 1.73. The molecule has 0 aliphatic carbocycles. The molecule has 2 atom stereocenters. The summed E-state index contributed by atoms with van der Waals surface area (Å²) in [7, 11) is 0. The van der Waals surface area contributed by atoms with Crippen LogP contribution in [0.3, 0.4) is 0 Å². The van der Waals surface area contributed by atoms with Crippen LogP contribution in [0.1, 0.15) is 24.2 Å². The molecule has 5 heteroatoms. The molecule has 1 heterocycles. The maximum Gasteiger partial charge on any atom is 0.158 e. The van der Waals surface area contributed by atoms with E-state index in [1.54, 1.807) is 71.5 Å². The lowest BCUT2D eigenvalue weighted by atomic mass is 9.87. The number of rotatable bonds is 4. The molecule has 4 rings (SSSR count). The first kappa shape index (κ1) is 17.4. The van der Waals surface area contributed by atoms with Gasteiger partial charge in [0.2, 0.25) is 0 Å². The second kappa shape index (κ2) is 6.59. The Morgan fingerprint density at radius 3 is 2.41 bits per heavy atom. The van der Waals surface area contributed by atoms with Crippen LogP contribution >= 0.6 is 0 Å². The molecule has 0 aliphatic rings. The molecule has 0 amide bonds. The lowest BCUT2D eigenvalue weighted by Gasteiger charge is -2.28. The Morgan fingerprint density at radius 1 is 1.00 bits per heavy atom. The molecule has 1 aromatic heterocycles. The second-order valence-electron chi connectivity index (χ2n) is 6.73. The molecule has 3 aromatic carbocycles. The first-order chi connectivity index (χ1) is 13.0. The number of benzene rings is 3. The Hall–Kier alpha value is -3.05. The van der Waals surface area contributed by atoms with E-state index in [0.29, 0.717) is 11.1 Å². The van der Waals surface area contributed by atoms with Crippen LogP contribution in [0.2, 0.25) is 0 Å². The van der Waals surface area contributed by atoms with Gasteiger partial charge in [-0.25, -0.2) is 13.5 Å². The standard InChI is InChI=1S/C22H18F2N2O/c1-22(27,21(24)15-5-3-2-4-6-15)17-7-12-20-16(13-17)14-25-26(20)19-10-8-18(23)9-11-19/h2-14,21,27H,1H3. The minimum atomic E-state index is -1.69. The fourth-order valence-electron chi connectivity index (χ4n) is 3.23. The number of hydrogen-bond donors (Lipinski definition) is 1. The third-order valence-corrected chi connectivity index (χ3v) is 4.81. The Kier molecular flexibility index (Phi) is 4.24. The van der Waals surface area contributed by atoms with Gasteiger partial charge < -0.3 is 5.11 Å². The third kappa shape index (κ3) is 3.11. The number of halogens is 2. The molecule has 136 valence electrons. The van der Waals surface area contributed by atoms with Crippen molar-refractivity contribution >= 4 is 10.9 Å². The molecule has 27 heavy (non-hydrogen) atoms. The number of hydrogen-bond acceptors (Lipinski definition) is 2. The van der Waals surface area contributed by atoms with E-state index >= 15 is 4.39 Å². The highest BCUT2D eigenvalue weighted by atomic mass is 19.1. The fraction of sp³-hybridized carbons (Fsp3) is 0.136. The Bertz CT molecular complexity index is 1070. The summed E-state index contributed by atoms with van der Waals surface area (Å²) in [6.07, 6.45) is 0.0805. The lowest BCUT2D eigenvalue weighted by Crippen LogP contribution is -2.27. The average molecular weight is 364 g/mol. The van der Waals surface area contributed by atoms with Gasteiger partial charge in [-0.15, -0.1) is 0 Å². The van der Waals surface area contributed by atoms with Gasteiger partial charge in [0, 0.05) is 5.39 Å². The molecular weight excluding hydrogens is 346 g/mol. The van der Waals surface area contributed by atoms with Crippen LogP contribution in [-0.2, 0) is 5.60 Å². The zero-order valence-corrected chi connectivity index (χ0v) is 14.7. The van der Waals surface area contributed by atoms with E-state index < -0.39 is 11.8 Å². The van der Waals surface area contributed by atoms with Crippen molar-refractivity contribution < 1.29 is 13.9 Å². The second-order valence-corrected chi connectivity index (χ2v) is 6.73. The van der Waals surface area contributed by atoms with E-state index in [2.05, 4.69) is 5.10 Å². The van der Waals surface area contributed by atoms with Crippen LogP contribution in [0.4, 0.5) is 8.78 Å². The van der Waals surface area contributed by atoms with E-state index in [4.69, 9.17) is 0 Å². The molecule has 0 aliphatic heterocycles. The van der Waals surface area contributed by atoms with Gasteiger partial charge in [0.1, 0.15) is 11.4 Å². The fourth-order valence-corrected chi connectivity index (χ4v) is 3.23. The van der Waals surface area contributed by atoms with Crippen molar-refractivity contribution in [1.29, 1.82) is 0 Å². The van der Waals surface area contributed by atoms with Gasteiger partial charge in [-0.05, 0) is 54.4 Å². The Morgan fingerprint density at radius 2 is 1.70 bits per heavy atom. The summed E-state index contributed by atoms with van der Waals surface area (Å²) in [5, 5.41) is 16.0. The van der Waals surface area contributed by atoms with Crippen molar-refractivity contribution in [3.05, 3.63) is 95.9 Å². The summed E-state index contributed by atoms with van der Waals surface area (Å²) in [5.74, 6) is -0.316. The molecule has 4 aromatic rings. The smallest absolute Gasteiger partial charge is 0.158 e. The highest BCUT2D eigenvalue weighted by molar-refractivity contribution is 5.81. The van der Waals surface area contributed by atoms with Crippen LogP contribution in [0, 0.1) is 5.82 Å². The summed E-state index contributed by atoms with van der Waals surface area (Å²) in [6.45, 7) is 1.47. The number of alkyl halides is 1. The quantitative estimate of drug-likeness (QED) is 0.548. The summed E-state index contributed by atoms with van der Waals surface area (Å²) in [5.41, 5.74) is 0.706. The molecule has 0 spiro atoms. The van der Waals surface area contributed by atoms with Crippen LogP contribution in [0.15, 0.2) is 79.0 Å². The normalized spacial score (nSPS) is 14.8. The van der Waals surface area contributed by atoms with Crippen molar-refractivity contribution in [1.82, 2.24) is 9.78 Å². The largest absolute Gasteiger partial charge is 0.382 e. The number of fused-ring (bicyclic) bond motifs is 1. The van der Waals surface area contributed by atoms with Crippen molar-refractivity contribution in [3.8, 4) is 5.69 Å². The minimum absolute atomic E-state index is 0.316. The van der Waals surface area contributed by atoms with Crippen LogP contribution < -0.4 is 0 Å². The predicted molar refractivity (Wildman–Crippen MR) is 101 cm³/mol. The van der Waals surface area contributed by atoms with Crippen molar-refractivity contribution in [2.45, 2.75) is 18.7 Å². The van der Waals surface area contributed by atoms with E-state index in [1.165, 1.54) is 19.1 Å². The van der Waals surface area contributed by atoms with Gasteiger partial charge in [0.05, 0.1) is 17.4 Å².